The molecule has 1 heterocycles. The number of amides is 1. The van der Waals surface area contributed by atoms with Crippen LogP contribution in [0.25, 0.3) is 0 Å². The highest BCUT2D eigenvalue weighted by Gasteiger charge is 2.19. The average molecular weight is 311 g/mol. The van der Waals surface area contributed by atoms with Crippen molar-refractivity contribution in [3.05, 3.63) is 29.8 Å². The molecule has 1 aromatic carbocycles. The van der Waals surface area contributed by atoms with Gasteiger partial charge in [0, 0.05) is 39.1 Å². The maximum Gasteiger partial charge on any atom is 0.221 e. The van der Waals surface area contributed by atoms with Gasteiger partial charge in [0.25, 0.3) is 0 Å². The first-order valence-corrected chi connectivity index (χ1v) is 8.67. The molecular weight excluding hydrogens is 290 g/mol. The van der Waals surface area contributed by atoms with Crippen molar-refractivity contribution in [1.82, 2.24) is 10.2 Å². The number of carbonyl (C=O) groups is 1. The maximum atomic E-state index is 12.3. The van der Waals surface area contributed by atoms with Crippen molar-refractivity contribution in [2.75, 3.05) is 31.9 Å². The van der Waals surface area contributed by atoms with Gasteiger partial charge in [0.2, 0.25) is 5.91 Å². The normalized spacial score (nSPS) is 17.3. The lowest BCUT2D eigenvalue weighted by Crippen LogP contribution is -2.32. The van der Waals surface area contributed by atoms with Gasteiger partial charge in [-0.05, 0) is 17.7 Å². The van der Waals surface area contributed by atoms with Crippen LogP contribution in [-0.4, -0.2) is 51.2 Å². The lowest BCUT2D eigenvalue weighted by atomic mass is 10.2. The molecular formula is C14H21N3O3S. The molecule has 1 amide bonds. The summed E-state index contributed by atoms with van der Waals surface area (Å²) in [6.07, 6.45) is 0.419. The zero-order chi connectivity index (χ0) is 15.3. The van der Waals surface area contributed by atoms with Crippen LogP contribution in [0.4, 0.5) is 0 Å². The van der Waals surface area contributed by atoms with Crippen molar-refractivity contribution in [1.29, 1.82) is 0 Å². The Labute approximate surface area is 125 Å². The molecule has 1 aliphatic rings. The predicted octanol–water partition coefficient (Wildman–Crippen LogP) is -0.259. The Morgan fingerprint density at radius 2 is 2.10 bits per heavy atom. The number of rotatable bonds is 5. The highest BCUT2D eigenvalue weighted by Crippen LogP contribution is 2.13. The molecule has 0 bridgehead atoms. The SMILES string of the molecule is NCc1cccc(S(=O)(=O)CCN2CCNC(=O)CC2)c1. The summed E-state index contributed by atoms with van der Waals surface area (Å²) in [5.41, 5.74) is 6.35. The molecule has 3 N–H and O–H groups in total. The molecule has 0 saturated carbocycles. The summed E-state index contributed by atoms with van der Waals surface area (Å²) < 4.78 is 24.7. The smallest absolute Gasteiger partial charge is 0.221 e. The van der Waals surface area contributed by atoms with Crippen molar-refractivity contribution in [3.8, 4) is 0 Å². The summed E-state index contributed by atoms with van der Waals surface area (Å²) in [7, 11) is -3.32. The van der Waals surface area contributed by atoms with Crippen LogP contribution in [-0.2, 0) is 21.2 Å². The number of carbonyl (C=O) groups excluding carboxylic acids is 1. The second-order valence-corrected chi connectivity index (χ2v) is 7.22. The Bertz CT molecular complexity index is 601. The van der Waals surface area contributed by atoms with Gasteiger partial charge < -0.3 is 16.0 Å². The van der Waals surface area contributed by atoms with E-state index in [1.807, 2.05) is 11.0 Å². The summed E-state index contributed by atoms with van der Waals surface area (Å²) in [5.74, 6) is 0.0749. The number of hydrogen-bond donors (Lipinski definition) is 2. The van der Waals surface area contributed by atoms with E-state index in [-0.39, 0.29) is 11.7 Å². The van der Waals surface area contributed by atoms with Gasteiger partial charge in [-0.1, -0.05) is 12.1 Å². The van der Waals surface area contributed by atoms with E-state index in [1.165, 1.54) is 0 Å². The zero-order valence-electron chi connectivity index (χ0n) is 11.9. The third kappa shape index (κ3) is 4.52. The number of sulfone groups is 1. The largest absolute Gasteiger partial charge is 0.355 e. The fourth-order valence-corrected chi connectivity index (χ4v) is 3.62. The Morgan fingerprint density at radius 3 is 2.86 bits per heavy atom. The third-order valence-electron chi connectivity index (χ3n) is 3.57. The maximum absolute atomic E-state index is 12.3. The van der Waals surface area contributed by atoms with E-state index in [9.17, 15) is 13.2 Å². The van der Waals surface area contributed by atoms with Crippen LogP contribution in [0, 0.1) is 0 Å². The van der Waals surface area contributed by atoms with Crippen molar-refractivity contribution in [3.63, 3.8) is 0 Å². The van der Waals surface area contributed by atoms with Crippen molar-refractivity contribution >= 4 is 15.7 Å². The topological polar surface area (TPSA) is 92.5 Å². The number of nitrogens with two attached hydrogens (primary N) is 1. The molecule has 0 aromatic heterocycles. The quantitative estimate of drug-likeness (QED) is 0.782. The minimum Gasteiger partial charge on any atom is -0.355 e. The minimum atomic E-state index is -3.32. The lowest BCUT2D eigenvalue weighted by Gasteiger charge is -2.18. The van der Waals surface area contributed by atoms with Gasteiger partial charge in [-0.25, -0.2) is 8.42 Å². The van der Waals surface area contributed by atoms with E-state index in [2.05, 4.69) is 5.32 Å². The van der Waals surface area contributed by atoms with Gasteiger partial charge in [0.15, 0.2) is 9.84 Å². The third-order valence-corrected chi connectivity index (χ3v) is 5.27. The lowest BCUT2D eigenvalue weighted by molar-refractivity contribution is -0.120. The molecule has 116 valence electrons. The van der Waals surface area contributed by atoms with Gasteiger partial charge in [-0.3, -0.25) is 4.79 Å². The van der Waals surface area contributed by atoms with E-state index in [0.717, 1.165) is 5.56 Å². The molecule has 0 radical (unpaired) electrons. The molecule has 1 aliphatic heterocycles. The van der Waals surface area contributed by atoms with E-state index in [1.54, 1.807) is 18.2 Å². The fourth-order valence-electron chi connectivity index (χ4n) is 2.27. The zero-order valence-corrected chi connectivity index (χ0v) is 12.7. The van der Waals surface area contributed by atoms with Gasteiger partial charge in [0.05, 0.1) is 10.6 Å². The summed E-state index contributed by atoms with van der Waals surface area (Å²) in [6.45, 7) is 2.61. The molecule has 21 heavy (non-hydrogen) atoms. The Balaban J connectivity index is 1.98. The molecule has 0 unspecified atom stereocenters. The molecule has 1 saturated heterocycles. The van der Waals surface area contributed by atoms with Gasteiger partial charge in [-0.2, -0.15) is 0 Å². The Kier molecular flexibility index (Phi) is 5.33. The standard InChI is InChI=1S/C14H21N3O3S/c15-11-12-2-1-3-13(10-12)21(19,20)9-8-17-6-4-14(18)16-5-7-17/h1-3,10H,4-9,11,15H2,(H,16,18). The van der Waals surface area contributed by atoms with Gasteiger partial charge >= 0.3 is 0 Å². The first-order chi connectivity index (χ1) is 10.0. The Hall–Kier alpha value is -1.44. The van der Waals surface area contributed by atoms with Crippen molar-refractivity contribution in [2.24, 2.45) is 5.73 Å². The van der Waals surface area contributed by atoms with E-state index in [0.29, 0.717) is 44.0 Å². The van der Waals surface area contributed by atoms with Crippen LogP contribution in [0.5, 0.6) is 0 Å². The molecule has 6 nitrogen and oxygen atoms in total. The van der Waals surface area contributed by atoms with Crippen molar-refractivity contribution in [2.45, 2.75) is 17.9 Å². The van der Waals surface area contributed by atoms with Crippen molar-refractivity contribution < 1.29 is 13.2 Å². The molecule has 7 heteroatoms. The fraction of sp³-hybridized carbons (Fsp3) is 0.500. The Morgan fingerprint density at radius 1 is 1.29 bits per heavy atom. The highest BCUT2D eigenvalue weighted by atomic mass is 32.2. The molecule has 0 aliphatic carbocycles. The summed E-state index contributed by atoms with van der Waals surface area (Å²) in [4.78, 5) is 13.6. The van der Waals surface area contributed by atoms with E-state index >= 15 is 0 Å². The van der Waals surface area contributed by atoms with Crippen LogP contribution in [0.3, 0.4) is 0 Å². The second-order valence-electron chi connectivity index (χ2n) is 5.11. The first-order valence-electron chi connectivity index (χ1n) is 7.02. The van der Waals surface area contributed by atoms with Gasteiger partial charge in [-0.15, -0.1) is 0 Å². The number of nitrogens with zero attached hydrogens (tertiary/aromatic N) is 1. The minimum absolute atomic E-state index is 0.0241. The number of benzene rings is 1. The molecule has 2 rings (SSSR count). The van der Waals surface area contributed by atoms with Crippen LogP contribution in [0.1, 0.15) is 12.0 Å². The molecule has 1 aromatic rings. The first kappa shape index (κ1) is 15.9. The van der Waals surface area contributed by atoms with Crippen LogP contribution < -0.4 is 11.1 Å². The molecule has 1 fully saturated rings. The van der Waals surface area contributed by atoms with Crippen LogP contribution >= 0.6 is 0 Å². The predicted molar refractivity (Wildman–Crippen MR) is 80.5 cm³/mol. The summed E-state index contributed by atoms with van der Waals surface area (Å²) in [6, 6.07) is 6.75. The average Bonchev–Trinajstić information content (AvgIpc) is 2.70. The van der Waals surface area contributed by atoms with Gasteiger partial charge in [0.1, 0.15) is 0 Å². The number of nitrogens with one attached hydrogen (secondary N) is 1. The number of hydrogen-bond acceptors (Lipinski definition) is 5. The van der Waals surface area contributed by atoms with Crippen LogP contribution in [0.15, 0.2) is 29.2 Å². The second kappa shape index (κ2) is 7.02. The molecule has 0 spiro atoms. The molecule has 0 atom stereocenters. The monoisotopic (exact) mass is 311 g/mol. The van der Waals surface area contributed by atoms with E-state index in [4.69, 9.17) is 5.73 Å². The highest BCUT2D eigenvalue weighted by molar-refractivity contribution is 7.91. The summed E-state index contributed by atoms with van der Waals surface area (Å²) >= 11 is 0. The van der Waals surface area contributed by atoms with Crippen LogP contribution in [0.2, 0.25) is 0 Å². The van der Waals surface area contributed by atoms with E-state index < -0.39 is 9.84 Å². The summed E-state index contributed by atoms with van der Waals surface area (Å²) in [5, 5.41) is 2.77.